The molecule has 1 aliphatic carbocycles. The number of halogens is 1. The summed E-state index contributed by atoms with van der Waals surface area (Å²) in [5.41, 5.74) is 1.51. The lowest BCUT2D eigenvalue weighted by atomic mass is 9.64. The Morgan fingerprint density at radius 3 is 2.90 bits per heavy atom. The van der Waals surface area contributed by atoms with Crippen LogP contribution in [0.2, 0.25) is 0 Å². The second-order valence-electron chi connectivity index (χ2n) is 6.05. The third-order valence-corrected chi connectivity index (χ3v) is 5.27. The van der Waals surface area contributed by atoms with E-state index in [4.69, 9.17) is 0 Å². The highest BCUT2D eigenvalue weighted by Crippen LogP contribution is 2.43. The lowest BCUT2D eigenvalue weighted by Gasteiger charge is -2.43. The van der Waals surface area contributed by atoms with Crippen molar-refractivity contribution in [2.24, 2.45) is 5.92 Å². The minimum Gasteiger partial charge on any atom is -0.355 e. The second kappa shape index (κ2) is 5.86. The molecule has 1 aromatic rings. The molecule has 2 aliphatic rings. The number of carbonyl (C=O) groups is 1. The monoisotopic (exact) mass is 336 g/mol. The van der Waals surface area contributed by atoms with Crippen LogP contribution in [0.1, 0.15) is 31.2 Å². The van der Waals surface area contributed by atoms with Gasteiger partial charge in [-0.1, -0.05) is 34.5 Å². The van der Waals surface area contributed by atoms with E-state index >= 15 is 0 Å². The molecule has 0 bridgehead atoms. The summed E-state index contributed by atoms with van der Waals surface area (Å²) in [6, 6.07) is 8.52. The molecule has 1 aromatic carbocycles. The molecule has 108 valence electrons. The third kappa shape index (κ3) is 2.77. The van der Waals surface area contributed by atoms with Crippen LogP contribution in [0.25, 0.3) is 0 Å². The summed E-state index contributed by atoms with van der Waals surface area (Å²) in [5.74, 6) is 0.380. The van der Waals surface area contributed by atoms with Crippen LogP contribution in [-0.4, -0.2) is 25.5 Å². The van der Waals surface area contributed by atoms with Gasteiger partial charge in [0.1, 0.15) is 0 Å². The first-order valence-corrected chi connectivity index (χ1v) is 8.23. The summed E-state index contributed by atoms with van der Waals surface area (Å²) >= 11 is 3.55. The average molecular weight is 337 g/mol. The highest BCUT2D eigenvalue weighted by Gasteiger charge is 2.39. The van der Waals surface area contributed by atoms with E-state index in [-0.39, 0.29) is 17.2 Å². The van der Waals surface area contributed by atoms with E-state index in [1.807, 2.05) is 0 Å². The van der Waals surface area contributed by atoms with E-state index in [9.17, 15) is 4.79 Å². The molecular weight excluding hydrogens is 316 g/mol. The topological polar surface area (TPSA) is 41.1 Å². The van der Waals surface area contributed by atoms with Crippen LogP contribution in [0.4, 0.5) is 0 Å². The Hall–Kier alpha value is -0.870. The lowest BCUT2D eigenvalue weighted by Crippen LogP contribution is -2.47. The third-order valence-electron chi connectivity index (χ3n) is 4.78. The molecule has 1 heterocycles. The van der Waals surface area contributed by atoms with Crippen molar-refractivity contribution in [3.8, 4) is 0 Å². The quantitative estimate of drug-likeness (QED) is 0.887. The van der Waals surface area contributed by atoms with Crippen LogP contribution < -0.4 is 10.6 Å². The minimum absolute atomic E-state index is 0.158. The number of carbonyl (C=O) groups excluding carboxylic acids is 1. The van der Waals surface area contributed by atoms with Gasteiger partial charge < -0.3 is 10.6 Å². The molecule has 1 amide bonds. The van der Waals surface area contributed by atoms with E-state index < -0.39 is 0 Å². The van der Waals surface area contributed by atoms with Crippen LogP contribution >= 0.6 is 15.9 Å². The van der Waals surface area contributed by atoms with Gasteiger partial charge in [0.15, 0.2) is 0 Å². The largest absolute Gasteiger partial charge is 0.355 e. The molecule has 0 spiro atoms. The van der Waals surface area contributed by atoms with Crippen molar-refractivity contribution in [2.45, 2.75) is 31.1 Å². The molecule has 3 rings (SSSR count). The van der Waals surface area contributed by atoms with Crippen molar-refractivity contribution in [3.05, 3.63) is 34.3 Å². The standard InChI is InChI=1S/C16H21BrN2O/c17-14-4-1-3-13(9-14)16(6-2-7-16)11-19-15(20)12-5-8-18-10-12/h1,3-4,9,12,18H,2,5-8,10-11H2,(H,19,20). The first-order chi connectivity index (χ1) is 9.70. The highest BCUT2D eigenvalue weighted by atomic mass is 79.9. The number of amides is 1. The Bertz CT molecular complexity index is 493. The van der Waals surface area contributed by atoms with Gasteiger partial charge >= 0.3 is 0 Å². The van der Waals surface area contributed by atoms with Gasteiger partial charge in [0.25, 0.3) is 0 Å². The number of nitrogens with one attached hydrogen (secondary N) is 2. The Labute approximate surface area is 128 Å². The zero-order valence-electron chi connectivity index (χ0n) is 11.6. The lowest BCUT2D eigenvalue weighted by molar-refractivity contribution is -0.124. The molecule has 2 N–H and O–H groups in total. The van der Waals surface area contributed by atoms with Gasteiger partial charge in [-0.05, 0) is 43.5 Å². The molecule has 1 atom stereocenters. The van der Waals surface area contributed by atoms with Gasteiger partial charge in [-0.3, -0.25) is 4.79 Å². The zero-order chi connectivity index (χ0) is 14.0. The van der Waals surface area contributed by atoms with Crippen molar-refractivity contribution in [2.75, 3.05) is 19.6 Å². The molecule has 20 heavy (non-hydrogen) atoms. The van der Waals surface area contributed by atoms with Gasteiger partial charge in [-0.2, -0.15) is 0 Å². The predicted octanol–water partition coefficient (Wildman–Crippen LogP) is 2.60. The summed E-state index contributed by atoms with van der Waals surface area (Å²) in [4.78, 5) is 12.2. The molecule has 1 saturated carbocycles. The summed E-state index contributed by atoms with van der Waals surface area (Å²) in [6.45, 7) is 2.57. The van der Waals surface area contributed by atoms with Crippen LogP contribution in [-0.2, 0) is 10.2 Å². The second-order valence-corrected chi connectivity index (χ2v) is 6.97. The fraction of sp³-hybridized carbons (Fsp3) is 0.562. The Kier molecular flexibility index (Phi) is 4.13. The fourth-order valence-corrected chi connectivity index (χ4v) is 3.67. The summed E-state index contributed by atoms with van der Waals surface area (Å²) in [6.07, 6.45) is 4.57. The maximum Gasteiger partial charge on any atom is 0.224 e. The number of hydrogen-bond acceptors (Lipinski definition) is 2. The molecular formula is C16H21BrN2O. The maximum atomic E-state index is 12.2. The highest BCUT2D eigenvalue weighted by molar-refractivity contribution is 9.10. The van der Waals surface area contributed by atoms with Crippen LogP contribution in [0.3, 0.4) is 0 Å². The summed E-state index contributed by atoms with van der Waals surface area (Å²) < 4.78 is 1.12. The van der Waals surface area contributed by atoms with Crippen LogP contribution in [0, 0.1) is 5.92 Å². The molecule has 1 aliphatic heterocycles. The van der Waals surface area contributed by atoms with Crippen molar-refractivity contribution in [3.63, 3.8) is 0 Å². The Morgan fingerprint density at radius 1 is 1.45 bits per heavy atom. The summed E-state index contributed by atoms with van der Waals surface area (Å²) in [5, 5.41) is 6.44. The van der Waals surface area contributed by atoms with E-state index in [1.54, 1.807) is 0 Å². The number of hydrogen-bond donors (Lipinski definition) is 2. The van der Waals surface area contributed by atoms with E-state index in [2.05, 4.69) is 50.8 Å². The molecule has 1 saturated heterocycles. The molecule has 3 nitrogen and oxygen atoms in total. The van der Waals surface area contributed by atoms with Crippen LogP contribution in [0.15, 0.2) is 28.7 Å². The normalized spacial score (nSPS) is 24.1. The van der Waals surface area contributed by atoms with E-state index in [0.717, 1.165) is 30.5 Å². The zero-order valence-corrected chi connectivity index (χ0v) is 13.2. The smallest absolute Gasteiger partial charge is 0.224 e. The minimum atomic E-state index is 0.158. The van der Waals surface area contributed by atoms with Crippen molar-refractivity contribution in [1.82, 2.24) is 10.6 Å². The number of rotatable bonds is 4. The van der Waals surface area contributed by atoms with Crippen molar-refractivity contribution < 1.29 is 4.79 Å². The van der Waals surface area contributed by atoms with Gasteiger partial charge in [-0.15, -0.1) is 0 Å². The van der Waals surface area contributed by atoms with Crippen molar-refractivity contribution in [1.29, 1.82) is 0 Å². The maximum absolute atomic E-state index is 12.2. The van der Waals surface area contributed by atoms with Gasteiger partial charge in [-0.25, -0.2) is 0 Å². The number of benzene rings is 1. The SMILES string of the molecule is O=C(NCC1(c2cccc(Br)c2)CCC1)C1CCNC1. The average Bonchev–Trinajstić information content (AvgIpc) is 2.91. The van der Waals surface area contributed by atoms with E-state index in [0.29, 0.717) is 0 Å². The van der Waals surface area contributed by atoms with E-state index in [1.165, 1.54) is 24.8 Å². The molecule has 2 fully saturated rings. The summed E-state index contributed by atoms with van der Waals surface area (Å²) in [7, 11) is 0. The predicted molar refractivity (Wildman–Crippen MR) is 83.7 cm³/mol. The van der Waals surface area contributed by atoms with Crippen LogP contribution in [0.5, 0.6) is 0 Å². The Balaban J connectivity index is 1.66. The van der Waals surface area contributed by atoms with Gasteiger partial charge in [0.05, 0.1) is 5.92 Å². The first-order valence-electron chi connectivity index (χ1n) is 7.44. The van der Waals surface area contributed by atoms with Crippen molar-refractivity contribution >= 4 is 21.8 Å². The van der Waals surface area contributed by atoms with Gasteiger partial charge in [0, 0.05) is 23.0 Å². The molecule has 0 radical (unpaired) electrons. The first kappa shape index (κ1) is 14.1. The fourth-order valence-electron chi connectivity index (χ4n) is 3.27. The molecule has 4 heteroatoms. The molecule has 0 aromatic heterocycles. The van der Waals surface area contributed by atoms with Gasteiger partial charge in [0.2, 0.25) is 5.91 Å². The molecule has 1 unspecified atom stereocenters. The Morgan fingerprint density at radius 2 is 2.30 bits per heavy atom.